The lowest BCUT2D eigenvalue weighted by Gasteiger charge is -2.21. The third-order valence-corrected chi connectivity index (χ3v) is 2.19. The molecule has 1 heterocycles. The van der Waals surface area contributed by atoms with E-state index in [1.807, 2.05) is 0 Å². The van der Waals surface area contributed by atoms with Crippen molar-refractivity contribution in [3.63, 3.8) is 0 Å². The highest BCUT2D eigenvalue weighted by Gasteiger charge is 2.33. The van der Waals surface area contributed by atoms with E-state index in [4.69, 9.17) is 5.26 Å². The highest BCUT2D eigenvalue weighted by Crippen LogP contribution is 2.30. The van der Waals surface area contributed by atoms with E-state index in [0.717, 1.165) is 12.1 Å². The Hall–Kier alpha value is -1.81. The molecule has 0 fully saturated rings. The molecule has 4 nitrogen and oxygen atoms in total. The summed E-state index contributed by atoms with van der Waals surface area (Å²) in [5.41, 5.74) is -1.03. The van der Waals surface area contributed by atoms with Crippen molar-refractivity contribution in [3.05, 3.63) is 23.4 Å². The molecule has 1 aromatic heterocycles. The van der Waals surface area contributed by atoms with Gasteiger partial charge in [0.2, 0.25) is 0 Å². The Kier molecular flexibility index (Phi) is 4.14. The number of anilines is 1. The largest absolute Gasteiger partial charge is 0.433 e. The molecule has 7 heteroatoms. The summed E-state index contributed by atoms with van der Waals surface area (Å²) < 4.78 is 37.5. The number of halogens is 3. The van der Waals surface area contributed by atoms with Gasteiger partial charge in [0.15, 0.2) is 0 Å². The van der Waals surface area contributed by atoms with E-state index < -0.39 is 18.0 Å². The summed E-state index contributed by atoms with van der Waals surface area (Å²) in [6.07, 6.45) is -5.30. The summed E-state index contributed by atoms with van der Waals surface area (Å²) in [7, 11) is 1.47. The van der Waals surface area contributed by atoms with E-state index in [2.05, 4.69) is 4.98 Å². The van der Waals surface area contributed by atoms with E-state index >= 15 is 0 Å². The number of nitrogens with zero attached hydrogens (tertiary/aromatic N) is 3. The van der Waals surface area contributed by atoms with Crippen molar-refractivity contribution in [3.8, 4) is 6.07 Å². The summed E-state index contributed by atoms with van der Waals surface area (Å²) in [4.78, 5) is 4.75. The minimum atomic E-state index is -4.56. The lowest BCUT2D eigenvalue weighted by atomic mass is 10.2. The van der Waals surface area contributed by atoms with Crippen LogP contribution in [-0.2, 0) is 6.18 Å². The van der Waals surface area contributed by atoms with Crippen LogP contribution in [0.3, 0.4) is 0 Å². The summed E-state index contributed by atoms with van der Waals surface area (Å²) >= 11 is 0. The Bertz CT molecular complexity index is 466. The van der Waals surface area contributed by atoms with Gasteiger partial charge in [-0.15, -0.1) is 0 Å². The van der Waals surface area contributed by atoms with Crippen molar-refractivity contribution in [2.24, 2.45) is 0 Å². The Morgan fingerprint density at radius 1 is 1.50 bits per heavy atom. The number of alkyl halides is 3. The first-order valence-corrected chi connectivity index (χ1v) is 5.13. The molecule has 18 heavy (non-hydrogen) atoms. The van der Waals surface area contributed by atoms with E-state index in [1.165, 1.54) is 18.9 Å². The van der Waals surface area contributed by atoms with Gasteiger partial charge in [0, 0.05) is 13.6 Å². The van der Waals surface area contributed by atoms with E-state index in [1.54, 1.807) is 6.07 Å². The molecule has 1 atom stereocenters. The van der Waals surface area contributed by atoms with Crippen LogP contribution in [0, 0.1) is 11.3 Å². The second kappa shape index (κ2) is 5.23. The molecular formula is C11H12F3N3O. The molecule has 1 unspecified atom stereocenters. The lowest BCUT2D eigenvalue weighted by molar-refractivity contribution is -0.141. The smallest absolute Gasteiger partial charge is 0.392 e. The monoisotopic (exact) mass is 259 g/mol. The van der Waals surface area contributed by atoms with Crippen LogP contribution < -0.4 is 4.90 Å². The maximum atomic E-state index is 12.5. The standard InChI is InChI=1S/C11H12F3N3O/c1-7(18)6-17(2)10-8(5-15)3-4-9(16-10)11(12,13)14/h3-4,7,18H,6H2,1-2H3. The third-order valence-electron chi connectivity index (χ3n) is 2.19. The summed E-state index contributed by atoms with van der Waals surface area (Å²) in [5, 5.41) is 18.0. The number of likely N-dealkylation sites (N-methyl/N-ethyl adjacent to an activating group) is 1. The zero-order valence-corrected chi connectivity index (χ0v) is 9.86. The van der Waals surface area contributed by atoms with Crippen LogP contribution in [0.15, 0.2) is 12.1 Å². The summed E-state index contributed by atoms with van der Waals surface area (Å²) in [5.74, 6) is -0.0896. The topological polar surface area (TPSA) is 60.1 Å². The van der Waals surface area contributed by atoms with Gasteiger partial charge in [-0.05, 0) is 19.1 Å². The lowest BCUT2D eigenvalue weighted by Crippen LogP contribution is -2.29. The second-order valence-corrected chi connectivity index (χ2v) is 3.91. The molecule has 0 radical (unpaired) electrons. The Labute approximate surface area is 102 Å². The van der Waals surface area contributed by atoms with Crippen LogP contribution in [0.1, 0.15) is 18.2 Å². The van der Waals surface area contributed by atoms with Gasteiger partial charge in [-0.25, -0.2) is 4.98 Å². The van der Waals surface area contributed by atoms with E-state index in [9.17, 15) is 18.3 Å². The maximum Gasteiger partial charge on any atom is 0.433 e. The van der Waals surface area contributed by atoms with Crippen LogP contribution in [-0.4, -0.2) is 29.8 Å². The van der Waals surface area contributed by atoms with Crippen molar-refractivity contribution in [2.45, 2.75) is 19.2 Å². The summed E-state index contributed by atoms with van der Waals surface area (Å²) in [6, 6.07) is 3.61. The van der Waals surface area contributed by atoms with Crippen molar-refractivity contribution >= 4 is 5.82 Å². The molecular weight excluding hydrogens is 247 g/mol. The molecule has 0 spiro atoms. The molecule has 0 saturated heterocycles. The van der Waals surface area contributed by atoms with Crippen LogP contribution in [0.2, 0.25) is 0 Å². The highest BCUT2D eigenvalue weighted by atomic mass is 19.4. The second-order valence-electron chi connectivity index (χ2n) is 3.91. The van der Waals surface area contributed by atoms with Gasteiger partial charge in [-0.2, -0.15) is 18.4 Å². The zero-order valence-electron chi connectivity index (χ0n) is 9.86. The van der Waals surface area contributed by atoms with Crippen LogP contribution >= 0.6 is 0 Å². The quantitative estimate of drug-likeness (QED) is 0.899. The molecule has 0 amide bonds. The Balaban J connectivity index is 3.19. The first kappa shape index (κ1) is 14.3. The highest BCUT2D eigenvalue weighted by molar-refractivity contribution is 5.54. The predicted molar refractivity (Wildman–Crippen MR) is 58.9 cm³/mol. The fourth-order valence-corrected chi connectivity index (χ4v) is 1.47. The van der Waals surface area contributed by atoms with E-state index in [0.29, 0.717) is 0 Å². The molecule has 0 bridgehead atoms. The number of pyridine rings is 1. The molecule has 0 aromatic carbocycles. The van der Waals surface area contributed by atoms with Crippen molar-refractivity contribution in [1.82, 2.24) is 4.98 Å². The van der Waals surface area contributed by atoms with Crippen LogP contribution in [0.4, 0.5) is 19.0 Å². The number of aliphatic hydroxyl groups is 1. The number of nitriles is 1. The molecule has 98 valence electrons. The number of aromatic nitrogens is 1. The van der Waals surface area contributed by atoms with Crippen molar-refractivity contribution in [2.75, 3.05) is 18.5 Å². The van der Waals surface area contributed by atoms with Crippen LogP contribution in [0.5, 0.6) is 0 Å². The first-order chi connectivity index (χ1) is 8.25. The first-order valence-electron chi connectivity index (χ1n) is 5.13. The van der Waals surface area contributed by atoms with Gasteiger partial charge in [0.25, 0.3) is 0 Å². The number of hydrogen-bond donors (Lipinski definition) is 1. The Morgan fingerprint density at radius 3 is 2.56 bits per heavy atom. The van der Waals surface area contributed by atoms with Gasteiger partial charge < -0.3 is 10.0 Å². The Morgan fingerprint density at radius 2 is 2.11 bits per heavy atom. The maximum absolute atomic E-state index is 12.5. The zero-order chi connectivity index (χ0) is 13.9. The molecule has 1 rings (SSSR count). The molecule has 0 saturated carbocycles. The normalized spacial score (nSPS) is 12.9. The number of aliphatic hydroxyl groups excluding tert-OH is 1. The van der Waals surface area contributed by atoms with Crippen molar-refractivity contribution < 1.29 is 18.3 Å². The van der Waals surface area contributed by atoms with Gasteiger partial charge in [-0.3, -0.25) is 0 Å². The molecule has 0 aliphatic rings. The fraction of sp³-hybridized carbons (Fsp3) is 0.455. The SMILES string of the molecule is CC(O)CN(C)c1nc(C(F)(F)F)ccc1C#N. The van der Waals surface area contributed by atoms with Gasteiger partial charge >= 0.3 is 6.18 Å². The predicted octanol–water partition coefficient (Wildman–Crippen LogP) is 1.79. The van der Waals surface area contributed by atoms with Crippen molar-refractivity contribution in [1.29, 1.82) is 5.26 Å². The van der Waals surface area contributed by atoms with Gasteiger partial charge in [0.05, 0.1) is 11.7 Å². The molecule has 0 aliphatic carbocycles. The molecule has 1 N–H and O–H groups in total. The number of rotatable bonds is 3. The third kappa shape index (κ3) is 3.34. The minimum absolute atomic E-state index is 0.0335. The van der Waals surface area contributed by atoms with Gasteiger partial charge in [-0.1, -0.05) is 0 Å². The molecule has 1 aromatic rings. The number of hydrogen-bond acceptors (Lipinski definition) is 4. The minimum Gasteiger partial charge on any atom is -0.392 e. The van der Waals surface area contributed by atoms with Gasteiger partial charge in [0.1, 0.15) is 17.6 Å². The molecule has 0 aliphatic heterocycles. The van der Waals surface area contributed by atoms with Crippen LogP contribution in [0.25, 0.3) is 0 Å². The average molecular weight is 259 g/mol. The fourth-order valence-electron chi connectivity index (χ4n) is 1.47. The van der Waals surface area contributed by atoms with E-state index in [-0.39, 0.29) is 17.9 Å². The average Bonchev–Trinajstić information content (AvgIpc) is 2.26. The summed E-state index contributed by atoms with van der Waals surface area (Å²) in [6.45, 7) is 1.58.